The molecule has 0 aliphatic heterocycles. The molecule has 0 heterocycles. The fraction of sp³-hybridized carbons (Fsp3) is 0.946. The zero-order valence-corrected chi connectivity index (χ0v) is 42.5. The Kier molecular flexibility index (Phi) is 47.6. The number of hydrogen-bond acceptors (Lipinski definition) is 6. The fourth-order valence-electron chi connectivity index (χ4n) is 8.52. The van der Waals surface area contributed by atoms with Crippen molar-refractivity contribution < 1.29 is 28.6 Å². The third-order valence-electron chi connectivity index (χ3n) is 12.7. The van der Waals surface area contributed by atoms with Gasteiger partial charge in [0.25, 0.3) is 0 Å². The van der Waals surface area contributed by atoms with Crippen LogP contribution in [-0.4, -0.2) is 37.2 Å². The van der Waals surface area contributed by atoms with Crippen molar-refractivity contribution in [1.29, 1.82) is 0 Å². The predicted molar refractivity (Wildman–Crippen MR) is 266 cm³/mol. The van der Waals surface area contributed by atoms with E-state index in [0.29, 0.717) is 19.3 Å². The first kappa shape index (κ1) is 60.4. The molecule has 0 radical (unpaired) electrons. The quantitative estimate of drug-likeness (QED) is 0.0344. The second-order valence-corrected chi connectivity index (χ2v) is 20.2. The molecule has 6 heteroatoms. The molecule has 0 aromatic rings. The Morgan fingerprint density at radius 2 is 0.532 bits per heavy atom. The lowest BCUT2D eigenvalue weighted by atomic mass is 10.0. The van der Waals surface area contributed by atoms with Crippen LogP contribution >= 0.6 is 0 Å². The fourth-order valence-corrected chi connectivity index (χ4v) is 8.52. The second-order valence-electron chi connectivity index (χ2n) is 20.2. The molecule has 0 aromatic carbocycles. The number of unbranched alkanes of at least 4 members (excludes halogenated alkanes) is 35. The van der Waals surface area contributed by atoms with Gasteiger partial charge in [-0.2, -0.15) is 0 Å². The van der Waals surface area contributed by atoms with E-state index in [2.05, 4.69) is 34.6 Å². The van der Waals surface area contributed by atoms with E-state index in [4.69, 9.17) is 14.2 Å². The van der Waals surface area contributed by atoms with Crippen molar-refractivity contribution in [3.05, 3.63) is 0 Å². The second kappa shape index (κ2) is 48.9. The topological polar surface area (TPSA) is 78.9 Å². The molecule has 0 amide bonds. The van der Waals surface area contributed by atoms with Crippen molar-refractivity contribution >= 4 is 17.9 Å². The molecule has 0 N–H and O–H groups in total. The molecule has 62 heavy (non-hydrogen) atoms. The van der Waals surface area contributed by atoms with Crippen LogP contribution < -0.4 is 0 Å². The monoisotopic (exact) mass is 877 g/mol. The summed E-state index contributed by atoms with van der Waals surface area (Å²) in [6.45, 7) is 11.4. The predicted octanol–water partition coefficient (Wildman–Crippen LogP) is 18.1. The van der Waals surface area contributed by atoms with Crippen molar-refractivity contribution in [2.24, 2.45) is 11.8 Å². The summed E-state index contributed by atoms with van der Waals surface area (Å²) in [6.07, 6.45) is 50.9. The average molecular weight is 877 g/mol. The van der Waals surface area contributed by atoms with Gasteiger partial charge in [0.05, 0.1) is 0 Å². The first-order chi connectivity index (χ1) is 30.2. The molecular weight excluding hydrogens is 769 g/mol. The van der Waals surface area contributed by atoms with Gasteiger partial charge in [0.15, 0.2) is 6.10 Å². The Balaban J connectivity index is 4.25. The van der Waals surface area contributed by atoms with Gasteiger partial charge < -0.3 is 14.2 Å². The normalized spacial score (nSPS) is 12.0. The third-order valence-corrected chi connectivity index (χ3v) is 12.7. The molecule has 0 aromatic heterocycles. The summed E-state index contributed by atoms with van der Waals surface area (Å²) in [7, 11) is 0. The van der Waals surface area contributed by atoms with Crippen molar-refractivity contribution in [3.8, 4) is 0 Å². The summed E-state index contributed by atoms with van der Waals surface area (Å²) in [5, 5.41) is 0. The molecule has 368 valence electrons. The lowest BCUT2D eigenvalue weighted by Crippen LogP contribution is -2.30. The molecule has 1 atom stereocenters. The Bertz CT molecular complexity index is 947. The van der Waals surface area contributed by atoms with Crippen molar-refractivity contribution in [2.45, 2.75) is 317 Å². The van der Waals surface area contributed by atoms with Gasteiger partial charge in [0, 0.05) is 19.3 Å². The van der Waals surface area contributed by atoms with Crippen LogP contribution in [0.15, 0.2) is 0 Å². The van der Waals surface area contributed by atoms with Gasteiger partial charge in [-0.25, -0.2) is 0 Å². The summed E-state index contributed by atoms with van der Waals surface area (Å²) < 4.78 is 16.8. The maximum Gasteiger partial charge on any atom is 0.306 e. The summed E-state index contributed by atoms with van der Waals surface area (Å²) in [5.41, 5.74) is 0. The highest BCUT2D eigenvalue weighted by Crippen LogP contribution is 2.18. The smallest absolute Gasteiger partial charge is 0.306 e. The number of rotatable bonds is 50. The van der Waals surface area contributed by atoms with Gasteiger partial charge >= 0.3 is 17.9 Å². The van der Waals surface area contributed by atoms with Gasteiger partial charge in [-0.15, -0.1) is 0 Å². The van der Waals surface area contributed by atoms with E-state index in [1.54, 1.807) is 0 Å². The highest BCUT2D eigenvalue weighted by atomic mass is 16.6. The van der Waals surface area contributed by atoms with E-state index in [1.807, 2.05) is 0 Å². The molecule has 0 aliphatic rings. The number of ether oxygens (including phenoxy) is 3. The molecule has 0 saturated carbocycles. The van der Waals surface area contributed by atoms with Crippen molar-refractivity contribution in [3.63, 3.8) is 0 Å². The van der Waals surface area contributed by atoms with Crippen LogP contribution in [0.1, 0.15) is 311 Å². The molecule has 0 spiro atoms. The Morgan fingerprint density at radius 3 is 0.790 bits per heavy atom. The first-order valence-corrected chi connectivity index (χ1v) is 27.7. The van der Waals surface area contributed by atoms with Crippen molar-refractivity contribution in [1.82, 2.24) is 0 Å². The zero-order chi connectivity index (χ0) is 45.4. The largest absolute Gasteiger partial charge is 0.462 e. The van der Waals surface area contributed by atoms with E-state index in [1.165, 1.54) is 199 Å². The number of hydrogen-bond donors (Lipinski definition) is 0. The van der Waals surface area contributed by atoms with Gasteiger partial charge in [-0.05, 0) is 31.1 Å². The summed E-state index contributed by atoms with van der Waals surface area (Å²) >= 11 is 0. The van der Waals surface area contributed by atoms with Gasteiger partial charge in [0.2, 0.25) is 0 Å². The molecule has 0 bridgehead atoms. The Hall–Kier alpha value is -1.59. The highest BCUT2D eigenvalue weighted by Gasteiger charge is 2.19. The van der Waals surface area contributed by atoms with Crippen LogP contribution in [0.4, 0.5) is 0 Å². The van der Waals surface area contributed by atoms with E-state index in [0.717, 1.165) is 69.6 Å². The van der Waals surface area contributed by atoms with E-state index >= 15 is 0 Å². The van der Waals surface area contributed by atoms with E-state index < -0.39 is 6.10 Å². The van der Waals surface area contributed by atoms with Crippen LogP contribution in [0.3, 0.4) is 0 Å². The van der Waals surface area contributed by atoms with Crippen molar-refractivity contribution in [2.75, 3.05) is 13.2 Å². The van der Waals surface area contributed by atoms with Crippen LogP contribution in [0.25, 0.3) is 0 Å². The summed E-state index contributed by atoms with van der Waals surface area (Å²) in [6, 6.07) is 0. The van der Waals surface area contributed by atoms with Crippen LogP contribution in [0, 0.1) is 11.8 Å². The van der Waals surface area contributed by atoms with E-state index in [9.17, 15) is 14.4 Å². The molecular formula is C56H108O6. The summed E-state index contributed by atoms with van der Waals surface area (Å²) in [4.78, 5) is 38.0. The molecule has 0 fully saturated rings. The summed E-state index contributed by atoms with van der Waals surface area (Å²) in [5.74, 6) is 0.828. The number of esters is 3. The van der Waals surface area contributed by atoms with Crippen LogP contribution in [-0.2, 0) is 28.6 Å². The molecule has 0 rings (SSSR count). The molecule has 0 unspecified atom stereocenters. The average Bonchev–Trinajstić information content (AvgIpc) is 3.24. The highest BCUT2D eigenvalue weighted by molar-refractivity contribution is 5.71. The Morgan fingerprint density at radius 1 is 0.306 bits per heavy atom. The van der Waals surface area contributed by atoms with Crippen LogP contribution in [0.5, 0.6) is 0 Å². The molecule has 6 nitrogen and oxygen atoms in total. The minimum Gasteiger partial charge on any atom is -0.462 e. The molecule has 0 aliphatic carbocycles. The Labute approximate surface area is 387 Å². The van der Waals surface area contributed by atoms with Gasteiger partial charge in [0.1, 0.15) is 13.2 Å². The molecule has 0 saturated heterocycles. The number of carbonyl (C=O) groups is 3. The first-order valence-electron chi connectivity index (χ1n) is 27.7. The van der Waals surface area contributed by atoms with Gasteiger partial charge in [-0.3, -0.25) is 14.4 Å². The van der Waals surface area contributed by atoms with Crippen LogP contribution in [0.2, 0.25) is 0 Å². The van der Waals surface area contributed by atoms with E-state index in [-0.39, 0.29) is 31.1 Å². The SMILES string of the molecule is CCCCCCCCCCCCCCC(=O)O[C@H](COC(=O)CCCCCCCCCCCCCCCCCCC(C)C)COC(=O)CCCCCCCCCCCCC(C)C. The zero-order valence-electron chi connectivity index (χ0n) is 42.5. The third kappa shape index (κ3) is 49.4. The maximum absolute atomic E-state index is 12.8. The number of carbonyl (C=O) groups excluding carboxylic acids is 3. The minimum absolute atomic E-state index is 0.0630. The minimum atomic E-state index is -0.762. The van der Waals surface area contributed by atoms with Gasteiger partial charge in [-0.1, -0.05) is 272 Å². The lowest BCUT2D eigenvalue weighted by molar-refractivity contribution is -0.167. The standard InChI is InChI=1S/C56H108O6/c1-6-7-8-9-10-11-12-20-28-33-38-43-48-56(59)62-53(50-61-55(58)47-42-37-32-27-23-22-25-30-35-40-45-52(4)5)49-60-54(57)46-41-36-31-26-21-18-16-14-13-15-17-19-24-29-34-39-44-51(2)3/h51-53H,6-50H2,1-5H3/t53-/m1/s1. The maximum atomic E-state index is 12.8. The lowest BCUT2D eigenvalue weighted by Gasteiger charge is -2.18.